The van der Waals surface area contributed by atoms with Crippen molar-refractivity contribution in [1.82, 2.24) is 4.90 Å². The van der Waals surface area contributed by atoms with Crippen LogP contribution in [0.25, 0.3) is 0 Å². The van der Waals surface area contributed by atoms with Gasteiger partial charge in [0.15, 0.2) is 0 Å². The van der Waals surface area contributed by atoms with Gasteiger partial charge in [-0.2, -0.15) is 13.2 Å². The van der Waals surface area contributed by atoms with E-state index in [1.165, 1.54) is 12.1 Å². The third kappa shape index (κ3) is 4.99. The highest BCUT2D eigenvalue weighted by atomic mass is 19.4. The quantitative estimate of drug-likeness (QED) is 0.394. The summed E-state index contributed by atoms with van der Waals surface area (Å²) in [7, 11) is 1.56. The molecule has 0 unspecified atom stereocenters. The van der Waals surface area contributed by atoms with Crippen molar-refractivity contribution in [3.63, 3.8) is 0 Å². The van der Waals surface area contributed by atoms with Gasteiger partial charge in [0.1, 0.15) is 5.75 Å². The Morgan fingerprint density at radius 2 is 1.66 bits per heavy atom. The summed E-state index contributed by atoms with van der Waals surface area (Å²) >= 11 is 0. The molecule has 5 rings (SSSR count). The first-order valence-corrected chi connectivity index (χ1v) is 12.8. The first-order valence-electron chi connectivity index (χ1n) is 12.8. The third-order valence-electron chi connectivity index (χ3n) is 7.54. The summed E-state index contributed by atoms with van der Waals surface area (Å²) < 4.78 is 45.3. The van der Waals surface area contributed by atoms with Gasteiger partial charge in [-0.25, -0.2) is 0 Å². The molecule has 3 aromatic carbocycles. The number of amides is 2. The van der Waals surface area contributed by atoms with Crippen molar-refractivity contribution >= 4 is 17.5 Å². The topological polar surface area (TPSA) is 58.6 Å². The summed E-state index contributed by atoms with van der Waals surface area (Å²) in [5.41, 5.74) is 0.993. The molecule has 1 aliphatic carbocycles. The van der Waals surface area contributed by atoms with Gasteiger partial charge in [-0.05, 0) is 60.4 Å². The van der Waals surface area contributed by atoms with Crippen LogP contribution in [0.15, 0.2) is 72.8 Å². The van der Waals surface area contributed by atoms with Gasteiger partial charge in [0.05, 0.1) is 24.6 Å². The number of fused-ring (bicyclic) bond motifs is 1. The van der Waals surface area contributed by atoms with Crippen LogP contribution in [-0.2, 0) is 11.0 Å². The van der Waals surface area contributed by atoms with E-state index in [0.717, 1.165) is 49.8 Å². The van der Waals surface area contributed by atoms with E-state index in [1.54, 1.807) is 43.5 Å². The lowest BCUT2D eigenvalue weighted by atomic mass is 9.77. The molecule has 1 aliphatic heterocycles. The second-order valence-electron chi connectivity index (χ2n) is 9.85. The molecule has 0 radical (unpaired) electrons. The molecule has 1 N–H and O–H groups in total. The van der Waals surface area contributed by atoms with Gasteiger partial charge >= 0.3 is 6.18 Å². The summed E-state index contributed by atoms with van der Waals surface area (Å²) in [6, 6.07) is 18.3. The van der Waals surface area contributed by atoms with Crippen LogP contribution in [0.5, 0.6) is 5.75 Å². The van der Waals surface area contributed by atoms with Crippen LogP contribution in [0.1, 0.15) is 71.1 Å². The second kappa shape index (κ2) is 10.5. The molecule has 1 fully saturated rings. The van der Waals surface area contributed by atoms with E-state index in [9.17, 15) is 22.8 Å². The third-order valence-corrected chi connectivity index (χ3v) is 7.54. The number of rotatable bonds is 5. The Morgan fingerprint density at radius 1 is 0.947 bits per heavy atom. The normalized spacial score (nSPS) is 20.1. The van der Waals surface area contributed by atoms with Crippen LogP contribution in [0.4, 0.5) is 18.9 Å². The van der Waals surface area contributed by atoms with Crippen LogP contribution in [0.3, 0.4) is 0 Å². The maximum Gasteiger partial charge on any atom is 0.416 e. The van der Waals surface area contributed by atoms with Crippen LogP contribution < -0.4 is 10.1 Å². The van der Waals surface area contributed by atoms with Gasteiger partial charge in [0, 0.05) is 17.3 Å². The predicted octanol–water partition coefficient (Wildman–Crippen LogP) is 6.97. The Kier molecular flexibility index (Phi) is 7.15. The standard InChI is InChI=1S/C30H29F3N2O3/c1-38-23-16-14-19(15-17-23)27-26(28(36)34-21-9-7-8-20(18-21)30(31,32)33)24-12-5-6-13-25(24)29(37)35(27)22-10-3-2-4-11-22/h5-9,12-18,22,26-27H,2-4,10-11H2,1H3,(H,34,36)/t26-,27+/m0/s1. The van der Waals surface area contributed by atoms with Crippen LogP contribution >= 0.6 is 0 Å². The lowest BCUT2D eigenvalue weighted by molar-refractivity contribution is -0.137. The first-order chi connectivity index (χ1) is 18.3. The van der Waals surface area contributed by atoms with Gasteiger partial charge in [-0.15, -0.1) is 0 Å². The molecule has 3 aromatic rings. The second-order valence-corrected chi connectivity index (χ2v) is 9.85. The number of carbonyl (C=O) groups excluding carboxylic acids is 2. The number of nitrogens with zero attached hydrogens (tertiary/aromatic N) is 1. The lowest BCUT2D eigenvalue weighted by Gasteiger charge is -2.46. The molecule has 0 bridgehead atoms. The maximum absolute atomic E-state index is 14.0. The molecule has 1 heterocycles. The number of hydrogen-bond donors (Lipinski definition) is 1. The molecule has 0 spiro atoms. The highest BCUT2D eigenvalue weighted by Gasteiger charge is 2.46. The van der Waals surface area contributed by atoms with Gasteiger partial charge in [0.2, 0.25) is 5.91 Å². The number of alkyl halides is 3. The smallest absolute Gasteiger partial charge is 0.416 e. The van der Waals surface area contributed by atoms with Crippen LogP contribution in [0, 0.1) is 0 Å². The molecular formula is C30H29F3N2O3. The molecule has 38 heavy (non-hydrogen) atoms. The summed E-state index contributed by atoms with van der Waals surface area (Å²) in [5, 5.41) is 2.72. The summed E-state index contributed by atoms with van der Waals surface area (Å²) in [5.74, 6) is -0.776. The number of anilines is 1. The molecule has 1 saturated carbocycles. The summed E-state index contributed by atoms with van der Waals surface area (Å²) in [4.78, 5) is 29.8. The lowest BCUT2D eigenvalue weighted by Crippen LogP contribution is -2.51. The zero-order chi connectivity index (χ0) is 26.9. The fourth-order valence-corrected chi connectivity index (χ4v) is 5.74. The van der Waals surface area contributed by atoms with Crippen molar-refractivity contribution in [2.75, 3.05) is 12.4 Å². The Balaban J connectivity index is 1.61. The minimum atomic E-state index is -4.53. The fourth-order valence-electron chi connectivity index (χ4n) is 5.74. The number of nitrogens with one attached hydrogen (secondary N) is 1. The average Bonchev–Trinajstić information content (AvgIpc) is 2.93. The number of hydrogen-bond acceptors (Lipinski definition) is 3. The van der Waals surface area contributed by atoms with Crippen molar-refractivity contribution in [3.05, 3.63) is 95.1 Å². The van der Waals surface area contributed by atoms with Crippen LogP contribution in [0.2, 0.25) is 0 Å². The fraction of sp³-hybridized carbons (Fsp3) is 0.333. The van der Waals surface area contributed by atoms with Crippen molar-refractivity contribution in [2.24, 2.45) is 0 Å². The molecule has 8 heteroatoms. The van der Waals surface area contributed by atoms with Gasteiger partial charge in [-0.1, -0.05) is 55.7 Å². The molecule has 198 valence electrons. The molecule has 2 amide bonds. The van der Waals surface area contributed by atoms with Crippen molar-refractivity contribution in [2.45, 2.75) is 56.3 Å². The molecule has 0 aromatic heterocycles. The van der Waals surface area contributed by atoms with Gasteiger partial charge in [-0.3, -0.25) is 9.59 Å². The van der Waals surface area contributed by atoms with Crippen LogP contribution in [-0.4, -0.2) is 29.9 Å². The minimum Gasteiger partial charge on any atom is -0.497 e. The van der Waals surface area contributed by atoms with E-state index in [1.807, 2.05) is 17.0 Å². The maximum atomic E-state index is 14.0. The number of carbonyl (C=O) groups is 2. The Labute approximate surface area is 219 Å². The SMILES string of the molecule is COc1ccc([C@@H]2[C@@H](C(=O)Nc3cccc(C(F)(F)F)c3)c3ccccc3C(=O)N2C2CCCCC2)cc1. The largest absolute Gasteiger partial charge is 0.497 e. The summed E-state index contributed by atoms with van der Waals surface area (Å²) in [6.07, 6.45) is 0.222. The van der Waals surface area contributed by atoms with E-state index in [4.69, 9.17) is 4.74 Å². The van der Waals surface area contributed by atoms with Gasteiger partial charge < -0.3 is 15.0 Å². The Morgan fingerprint density at radius 3 is 2.34 bits per heavy atom. The van der Waals surface area contributed by atoms with Crippen molar-refractivity contribution < 1.29 is 27.5 Å². The molecule has 5 nitrogen and oxygen atoms in total. The Bertz CT molecular complexity index is 1320. The summed E-state index contributed by atoms with van der Waals surface area (Å²) in [6.45, 7) is 0. The van der Waals surface area contributed by atoms with E-state index in [0.29, 0.717) is 16.9 Å². The molecule has 2 aliphatic rings. The number of ether oxygens (including phenoxy) is 1. The number of halogens is 3. The molecule has 0 saturated heterocycles. The monoisotopic (exact) mass is 522 g/mol. The zero-order valence-electron chi connectivity index (χ0n) is 21.0. The average molecular weight is 523 g/mol. The van der Waals surface area contributed by atoms with E-state index in [-0.39, 0.29) is 17.6 Å². The van der Waals surface area contributed by atoms with Gasteiger partial charge in [0.25, 0.3) is 5.91 Å². The van der Waals surface area contributed by atoms with Crippen molar-refractivity contribution in [3.8, 4) is 5.75 Å². The minimum absolute atomic E-state index is 0.0411. The van der Waals surface area contributed by atoms with Crippen molar-refractivity contribution in [1.29, 1.82) is 0 Å². The molecular weight excluding hydrogens is 493 g/mol. The van der Waals surface area contributed by atoms with E-state index in [2.05, 4.69) is 5.32 Å². The number of benzene rings is 3. The van der Waals surface area contributed by atoms with E-state index >= 15 is 0 Å². The highest BCUT2D eigenvalue weighted by molar-refractivity contribution is 6.04. The number of methoxy groups -OCH3 is 1. The molecule has 2 atom stereocenters. The Hall–Kier alpha value is -3.81. The zero-order valence-corrected chi connectivity index (χ0v) is 21.0. The van der Waals surface area contributed by atoms with E-state index < -0.39 is 29.6 Å². The predicted molar refractivity (Wildman–Crippen MR) is 138 cm³/mol. The first kappa shape index (κ1) is 25.8. The highest BCUT2D eigenvalue weighted by Crippen LogP contribution is 2.46.